The second-order valence-electron chi connectivity index (χ2n) is 4.24. The lowest BCUT2D eigenvalue weighted by atomic mass is 9.96. The van der Waals surface area contributed by atoms with Gasteiger partial charge in [0, 0.05) is 17.8 Å². The minimum absolute atomic E-state index is 0.175. The number of halogens is 1. The van der Waals surface area contributed by atoms with Gasteiger partial charge in [-0.3, -0.25) is 0 Å². The summed E-state index contributed by atoms with van der Waals surface area (Å²) in [6, 6.07) is 0. The summed E-state index contributed by atoms with van der Waals surface area (Å²) in [6.45, 7) is 2.87. The van der Waals surface area contributed by atoms with Crippen LogP contribution in [-0.4, -0.2) is 21.9 Å². The third-order valence-electron chi connectivity index (χ3n) is 3.06. The average molecular weight is 240 g/mol. The molecule has 0 fully saturated rings. The molecule has 4 heteroatoms. The summed E-state index contributed by atoms with van der Waals surface area (Å²) >= 11 is 6.09. The molecule has 3 nitrogen and oxygen atoms in total. The number of hydrogen-bond acceptors (Lipinski definition) is 3. The minimum Gasteiger partial charge on any atom is -0.368 e. The maximum Gasteiger partial charge on any atom is 0.132 e. The van der Waals surface area contributed by atoms with Crippen molar-refractivity contribution in [2.75, 3.05) is 11.9 Å². The van der Waals surface area contributed by atoms with E-state index in [4.69, 9.17) is 11.6 Å². The number of aryl methyl sites for hydroxylation is 1. The molecule has 0 spiro atoms. The van der Waals surface area contributed by atoms with Crippen molar-refractivity contribution in [1.82, 2.24) is 9.97 Å². The number of nitrogens with zero attached hydrogens (tertiary/aromatic N) is 2. The molecular weight excluding hydrogens is 222 g/mol. The Morgan fingerprint density at radius 2 is 2.19 bits per heavy atom. The monoisotopic (exact) mass is 239 g/mol. The van der Waals surface area contributed by atoms with Crippen LogP contribution in [0, 0.1) is 0 Å². The SMILES string of the molecule is CCC(Cl)CNc1ncnc2c1CCCC2. The first kappa shape index (κ1) is 11.6. The van der Waals surface area contributed by atoms with Crippen molar-refractivity contribution in [2.24, 2.45) is 0 Å². The fourth-order valence-electron chi connectivity index (χ4n) is 2.03. The molecule has 0 aromatic carbocycles. The molecule has 1 aromatic heterocycles. The molecule has 88 valence electrons. The predicted octanol–water partition coefficient (Wildman–Crippen LogP) is 2.78. The van der Waals surface area contributed by atoms with E-state index >= 15 is 0 Å². The number of hydrogen-bond donors (Lipinski definition) is 1. The number of nitrogens with one attached hydrogen (secondary N) is 1. The van der Waals surface area contributed by atoms with Crippen LogP contribution in [0.1, 0.15) is 37.4 Å². The van der Waals surface area contributed by atoms with Crippen LogP contribution in [0.2, 0.25) is 0 Å². The van der Waals surface area contributed by atoms with Gasteiger partial charge in [-0.15, -0.1) is 11.6 Å². The molecule has 0 radical (unpaired) electrons. The Morgan fingerprint density at radius 3 is 3.00 bits per heavy atom. The van der Waals surface area contributed by atoms with Gasteiger partial charge in [-0.1, -0.05) is 6.92 Å². The molecule has 1 aliphatic rings. The van der Waals surface area contributed by atoms with Crippen LogP contribution < -0.4 is 5.32 Å². The van der Waals surface area contributed by atoms with Gasteiger partial charge in [-0.2, -0.15) is 0 Å². The van der Waals surface area contributed by atoms with E-state index in [0.29, 0.717) is 0 Å². The van der Waals surface area contributed by atoms with Crippen LogP contribution in [-0.2, 0) is 12.8 Å². The molecule has 1 heterocycles. The Bertz CT molecular complexity index is 354. The van der Waals surface area contributed by atoms with E-state index in [-0.39, 0.29) is 5.38 Å². The van der Waals surface area contributed by atoms with Gasteiger partial charge in [0.05, 0.1) is 5.38 Å². The van der Waals surface area contributed by atoms with Crippen molar-refractivity contribution >= 4 is 17.4 Å². The average Bonchev–Trinajstić information content (AvgIpc) is 2.35. The van der Waals surface area contributed by atoms with E-state index in [9.17, 15) is 0 Å². The number of rotatable bonds is 4. The normalized spacial score (nSPS) is 16.6. The highest BCUT2D eigenvalue weighted by Crippen LogP contribution is 2.24. The molecule has 0 saturated carbocycles. The fraction of sp³-hybridized carbons (Fsp3) is 0.667. The van der Waals surface area contributed by atoms with Crippen molar-refractivity contribution < 1.29 is 0 Å². The van der Waals surface area contributed by atoms with E-state index in [1.165, 1.54) is 24.1 Å². The van der Waals surface area contributed by atoms with Gasteiger partial charge in [0.25, 0.3) is 0 Å². The molecule has 0 amide bonds. The molecule has 0 bridgehead atoms. The van der Waals surface area contributed by atoms with Gasteiger partial charge in [0.1, 0.15) is 12.1 Å². The van der Waals surface area contributed by atoms with Crippen molar-refractivity contribution in [1.29, 1.82) is 0 Å². The van der Waals surface area contributed by atoms with Crippen LogP contribution in [0.5, 0.6) is 0 Å². The molecule has 1 atom stereocenters. The molecule has 2 rings (SSSR count). The first-order valence-electron chi connectivity index (χ1n) is 6.02. The summed E-state index contributed by atoms with van der Waals surface area (Å²) in [6.07, 6.45) is 7.30. The summed E-state index contributed by atoms with van der Waals surface area (Å²) in [5, 5.41) is 3.52. The summed E-state index contributed by atoms with van der Waals surface area (Å²) in [4.78, 5) is 8.66. The van der Waals surface area contributed by atoms with Crippen LogP contribution >= 0.6 is 11.6 Å². The van der Waals surface area contributed by atoms with E-state index in [1.54, 1.807) is 6.33 Å². The molecule has 1 aromatic rings. The van der Waals surface area contributed by atoms with Gasteiger partial charge in [0.2, 0.25) is 0 Å². The maximum atomic E-state index is 6.09. The molecular formula is C12H18ClN3. The largest absolute Gasteiger partial charge is 0.368 e. The molecule has 0 saturated heterocycles. The molecule has 1 N–H and O–H groups in total. The zero-order valence-electron chi connectivity index (χ0n) is 9.67. The van der Waals surface area contributed by atoms with Crippen molar-refractivity contribution in [3.8, 4) is 0 Å². The van der Waals surface area contributed by atoms with Gasteiger partial charge in [-0.05, 0) is 32.1 Å². The lowest BCUT2D eigenvalue weighted by Gasteiger charge is -2.18. The van der Waals surface area contributed by atoms with Crippen molar-refractivity contribution in [3.63, 3.8) is 0 Å². The second-order valence-corrected chi connectivity index (χ2v) is 4.86. The quantitative estimate of drug-likeness (QED) is 0.822. The van der Waals surface area contributed by atoms with Crippen LogP contribution in [0.3, 0.4) is 0 Å². The lowest BCUT2D eigenvalue weighted by molar-refractivity contribution is 0.662. The summed E-state index contributed by atoms with van der Waals surface area (Å²) in [5.41, 5.74) is 2.51. The third kappa shape index (κ3) is 2.64. The van der Waals surface area contributed by atoms with Crippen molar-refractivity contribution in [2.45, 2.75) is 44.4 Å². The highest BCUT2D eigenvalue weighted by atomic mass is 35.5. The van der Waals surface area contributed by atoms with E-state index in [0.717, 1.165) is 31.6 Å². The van der Waals surface area contributed by atoms with Crippen LogP contribution in [0.15, 0.2) is 6.33 Å². The van der Waals surface area contributed by atoms with Crippen molar-refractivity contribution in [3.05, 3.63) is 17.6 Å². The first-order chi connectivity index (χ1) is 7.81. The first-order valence-corrected chi connectivity index (χ1v) is 6.45. The highest BCUT2D eigenvalue weighted by molar-refractivity contribution is 6.20. The standard InChI is InChI=1S/C12H18ClN3/c1-2-9(13)7-14-12-10-5-3-4-6-11(10)15-8-16-12/h8-9H,2-7H2,1H3,(H,14,15,16). The molecule has 1 unspecified atom stereocenters. The Balaban J connectivity index is 2.08. The highest BCUT2D eigenvalue weighted by Gasteiger charge is 2.15. The third-order valence-corrected chi connectivity index (χ3v) is 3.52. The second kappa shape index (κ2) is 5.48. The Kier molecular flexibility index (Phi) is 3.99. The smallest absolute Gasteiger partial charge is 0.132 e. The van der Waals surface area contributed by atoms with Gasteiger partial charge < -0.3 is 5.32 Å². The molecule has 1 aliphatic carbocycles. The van der Waals surface area contributed by atoms with E-state index < -0.39 is 0 Å². The molecule has 16 heavy (non-hydrogen) atoms. The topological polar surface area (TPSA) is 37.8 Å². The fourth-order valence-corrected chi connectivity index (χ4v) is 2.10. The number of anilines is 1. The number of fused-ring (bicyclic) bond motifs is 1. The van der Waals surface area contributed by atoms with E-state index in [2.05, 4.69) is 22.2 Å². The van der Waals surface area contributed by atoms with Crippen LogP contribution in [0.4, 0.5) is 5.82 Å². The van der Waals surface area contributed by atoms with Gasteiger partial charge >= 0.3 is 0 Å². The van der Waals surface area contributed by atoms with Crippen LogP contribution in [0.25, 0.3) is 0 Å². The number of alkyl halides is 1. The predicted molar refractivity (Wildman–Crippen MR) is 67.1 cm³/mol. The Morgan fingerprint density at radius 1 is 1.38 bits per heavy atom. The Labute approximate surface area is 102 Å². The maximum absolute atomic E-state index is 6.09. The van der Waals surface area contributed by atoms with E-state index in [1.807, 2.05) is 0 Å². The Hall–Kier alpha value is -0.830. The minimum atomic E-state index is 0.175. The lowest BCUT2D eigenvalue weighted by Crippen LogP contribution is -2.17. The zero-order valence-corrected chi connectivity index (χ0v) is 10.4. The molecule has 0 aliphatic heterocycles. The van der Waals surface area contributed by atoms with Gasteiger partial charge in [-0.25, -0.2) is 9.97 Å². The zero-order chi connectivity index (χ0) is 11.4. The van der Waals surface area contributed by atoms with Gasteiger partial charge in [0.15, 0.2) is 0 Å². The summed E-state index contributed by atoms with van der Waals surface area (Å²) < 4.78 is 0. The summed E-state index contributed by atoms with van der Waals surface area (Å²) in [5.74, 6) is 0.990. The summed E-state index contributed by atoms with van der Waals surface area (Å²) in [7, 11) is 0. The number of aromatic nitrogens is 2.